The molecule has 1 fully saturated rings. The number of nitrogens with zero attached hydrogens (tertiary/aromatic N) is 1. The fraction of sp³-hybridized carbons (Fsp3) is 0.960. The summed E-state index contributed by atoms with van der Waals surface area (Å²) in [5.74, 6) is 0.788. The van der Waals surface area contributed by atoms with Crippen LogP contribution in [0.3, 0.4) is 0 Å². The number of unbranched alkanes of at least 4 members (excludes halogenated alkanes) is 10. The van der Waals surface area contributed by atoms with Crippen molar-refractivity contribution in [3.8, 4) is 0 Å². The topological polar surface area (TPSA) is 29.5 Å². The van der Waals surface area contributed by atoms with E-state index in [0.717, 1.165) is 25.9 Å². The minimum Gasteiger partial charge on any atom is -0.465 e. The molecule has 0 aromatic carbocycles. The standard InChI is InChI=1S/C25H49NO2/c1-4-6-8-10-12-14-16-23(17-15-13-11-9-7-5-2)22-28-25(27)24-18-20-26(3)21-19-24/h23-24H,4-22H2,1-3H3. The van der Waals surface area contributed by atoms with E-state index in [1.807, 2.05) is 0 Å². The van der Waals surface area contributed by atoms with Crippen molar-refractivity contribution in [3.05, 3.63) is 0 Å². The molecule has 1 aliphatic rings. The zero-order chi connectivity index (χ0) is 20.5. The highest BCUT2D eigenvalue weighted by molar-refractivity contribution is 5.72. The molecule has 0 aliphatic carbocycles. The van der Waals surface area contributed by atoms with Crippen molar-refractivity contribution < 1.29 is 9.53 Å². The zero-order valence-corrected chi connectivity index (χ0v) is 19.4. The molecule has 0 aromatic heterocycles. The fourth-order valence-electron chi connectivity index (χ4n) is 4.30. The van der Waals surface area contributed by atoms with Crippen LogP contribution >= 0.6 is 0 Å². The van der Waals surface area contributed by atoms with Crippen molar-refractivity contribution in [3.63, 3.8) is 0 Å². The maximum atomic E-state index is 12.5. The highest BCUT2D eigenvalue weighted by Gasteiger charge is 2.25. The number of esters is 1. The second kappa shape index (κ2) is 17.3. The molecule has 3 nitrogen and oxygen atoms in total. The van der Waals surface area contributed by atoms with E-state index in [2.05, 4.69) is 25.8 Å². The van der Waals surface area contributed by atoms with Crippen LogP contribution in [0.1, 0.15) is 117 Å². The van der Waals surface area contributed by atoms with E-state index in [9.17, 15) is 4.79 Å². The molecule has 0 saturated carbocycles. The molecule has 0 amide bonds. The number of hydrogen-bond acceptors (Lipinski definition) is 3. The SMILES string of the molecule is CCCCCCCCC(CCCCCCCC)COC(=O)C1CCN(C)CC1. The van der Waals surface area contributed by atoms with Crippen LogP contribution in [-0.4, -0.2) is 37.6 Å². The second-order valence-corrected chi connectivity index (χ2v) is 9.19. The number of carbonyl (C=O) groups excluding carboxylic acids is 1. The van der Waals surface area contributed by atoms with Crippen LogP contribution in [0.5, 0.6) is 0 Å². The van der Waals surface area contributed by atoms with Crippen LogP contribution in [0.4, 0.5) is 0 Å². The summed E-state index contributed by atoms with van der Waals surface area (Å²) in [5, 5.41) is 0. The first-order chi connectivity index (χ1) is 13.7. The Kier molecular flexibility index (Phi) is 15.7. The highest BCUT2D eigenvalue weighted by atomic mass is 16.5. The third-order valence-electron chi connectivity index (χ3n) is 6.45. The Hall–Kier alpha value is -0.570. The smallest absolute Gasteiger partial charge is 0.309 e. The van der Waals surface area contributed by atoms with Crippen LogP contribution in [0, 0.1) is 11.8 Å². The van der Waals surface area contributed by atoms with E-state index in [1.54, 1.807) is 0 Å². The largest absolute Gasteiger partial charge is 0.465 e. The molecule has 0 aromatic rings. The Morgan fingerprint density at radius 2 is 1.29 bits per heavy atom. The van der Waals surface area contributed by atoms with Gasteiger partial charge in [-0.2, -0.15) is 0 Å². The summed E-state index contributed by atoms with van der Waals surface area (Å²) in [7, 11) is 2.14. The molecule has 0 radical (unpaired) electrons. The van der Waals surface area contributed by atoms with Gasteiger partial charge in [0.1, 0.15) is 0 Å². The first-order valence-corrected chi connectivity index (χ1v) is 12.5. The molecular formula is C25H49NO2. The summed E-state index contributed by atoms with van der Waals surface area (Å²) in [6, 6.07) is 0. The first-order valence-electron chi connectivity index (χ1n) is 12.5. The zero-order valence-electron chi connectivity index (χ0n) is 19.4. The normalized spacial score (nSPS) is 16.0. The lowest BCUT2D eigenvalue weighted by molar-refractivity contribution is -0.151. The molecule has 1 heterocycles. The third kappa shape index (κ3) is 12.8. The Morgan fingerprint density at radius 1 is 0.821 bits per heavy atom. The fourth-order valence-corrected chi connectivity index (χ4v) is 4.30. The lowest BCUT2D eigenvalue weighted by atomic mass is 9.94. The number of hydrogen-bond donors (Lipinski definition) is 0. The summed E-state index contributed by atoms with van der Waals surface area (Å²) in [4.78, 5) is 14.8. The highest BCUT2D eigenvalue weighted by Crippen LogP contribution is 2.22. The predicted molar refractivity (Wildman–Crippen MR) is 121 cm³/mol. The van der Waals surface area contributed by atoms with Crippen LogP contribution in [0.25, 0.3) is 0 Å². The van der Waals surface area contributed by atoms with Crippen LogP contribution in [0.15, 0.2) is 0 Å². The molecule has 0 unspecified atom stereocenters. The summed E-state index contributed by atoms with van der Waals surface area (Å²) in [5.41, 5.74) is 0. The monoisotopic (exact) mass is 395 g/mol. The van der Waals surface area contributed by atoms with Crippen molar-refractivity contribution in [2.24, 2.45) is 11.8 Å². The lowest BCUT2D eigenvalue weighted by Gasteiger charge is -2.28. The van der Waals surface area contributed by atoms with Crippen LogP contribution in [0.2, 0.25) is 0 Å². The van der Waals surface area contributed by atoms with Crippen LogP contribution in [-0.2, 0) is 9.53 Å². The number of rotatable bonds is 17. The van der Waals surface area contributed by atoms with E-state index in [1.165, 1.54) is 89.9 Å². The molecule has 0 N–H and O–H groups in total. The Labute approximate surface area is 176 Å². The van der Waals surface area contributed by atoms with Gasteiger partial charge in [-0.25, -0.2) is 0 Å². The van der Waals surface area contributed by atoms with Gasteiger partial charge in [0.15, 0.2) is 0 Å². The average Bonchev–Trinajstić information content (AvgIpc) is 2.70. The van der Waals surface area contributed by atoms with Gasteiger partial charge in [-0.05, 0) is 51.7 Å². The third-order valence-corrected chi connectivity index (χ3v) is 6.45. The number of likely N-dealkylation sites (tertiary alicyclic amines) is 1. The summed E-state index contributed by atoms with van der Waals surface area (Å²) in [6.45, 7) is 7.26. The summed E-state index contributed by atoms with van der Waals surface area (Å²) < 4.78 is 5.81. The Balaban J connectivity index is 2.26. The summed E-state index contributed by atoms with van der Waals surface area (Å²) in [6.07, 6.45) is 20.6. The van der Waals surface area contributed by atoms with E-state index in [4.69, 9.17) is 4.74 Å². The van der Waals surface area contributed by atoms with Crippen molar-refractivity contribution in [2.45, 2.75) is 117 Å². The van der Waals surface area contributed by atoms with E-state index < -0.39 is 0 Å². The average molecular weight is 396 g/mol. The van der Waals surface area contributed by atoms with Gasteiger partial charge >= 0.3 is 5.97 Å². The van der Waals surface area contributed by atoms with Gasteiger partial charge in [-0.3, -0.25) is 4.79 Å². The maximum Gasteiger partial charge on any atom is 0.309 e. The Bertz CT molecular complexity index is 348. The van der Waals surface area contributed by atoms with Gasteiger partial charge in [0.25, 0.3) is 0 Å². The van der Waals surface area contributed by atoms with Gasteiger partial charge < -0.3 is 9.64 Å². The quantitative estimate of drug-likeness (QED) is 0.196. The molecular weight excluding hydrogens is 346 g/mol. The molecule has 1 aliphatic heterocycles. The molecule has 1 saturated heterocycles. The molecule has 0 atom stereocenters. The molecule has 0 spiro atoms. The molecule has 166 valence electrons. The van der Waals surface area contributed by atoms with Gasteiger partial charge in [-0.1, -0.05) is 90.9 Å². The van der Waals surface area contributed by atoms with Gasteiger partial charge in [0.05, 0.1) is 12.5 Å². The molecule has 28 heavy (non-hydrogen) atoms. The minimum atomic E-state index is 0.0731. The van der Waals surface area contributed by atoms with Crippen molar-refractivity contribution in [1.82, 2.24) is 4.90 Å². The minimum absolute atomic E-state index is 0.0731. The van der Waals surface area contributed by atoms with Gasteiger partial charge in [-0.15, -0.1) is 0 Å². The molecule has 0 bridgehead atoms. The number of piperidine rings is 1. The number of carbonyl (C=O) groups is 1. The molecule has 3 heteroatoms. The molecule has 1 rings (SSSR count). The van der Waals surface area contributed by atoms with Crippen LogP contribution < -0.4 is 0 Å². The van der Waals surface area contributed by atoms with Crippen molar-refractivity contribution in [2.75, 3.05) is 26.7 Å². The van der Waals surface area contributed by atoms with Gasteiger partial charge in [0, 0.05) is 0 Å². The lowest BCUT2D eigenvalue weighted by Crippen LogP contribution is -2.34. The summed E-state index contributed by atoms with van der Waals surface area (Å²) >= 11 is 0. The maximum absolute atomic E-state index is 12.5. The predicted octanol–water partition coefficient (Wildman–Crippen LogP) is 6.99. The second-order valence-electron chi connectivity index (χ2n) is 9.19. The van der Waals surface area contributed by atoms with Crippen molar-refractivity contribution in [1.29, 1.82) is 0 Å². The van der Waals surface area contributed by atoms with E-state index in [0.29, 0.717) is 12.5 Å². The van der Waals surface area contributed by atoms with Gasteiger partial charge in [0.2, 0.25) is 0 Å². The Morgan fingerprint density at radius 3 is 1.79 bits per heavy atom. The van der Waals surface area contributed by atoms with E-state index >= 15 is 0 Å². The van der Waals surface area contributed by atoms with Crippen molar-refractivity contribution >= 4 is 5.97 Å². The number of ether oxygens (including phenoxy) is 1. The first kappa shape index (κ1) is 25.5. The van der Waals surface area contributed by atoms with E-state index in [-0.39, 0.29) is 11.9 Å².